The molecule has 0 saturated heterocycles. The van der Waals surface area contributed by atoms with Gasteiger partial charge in [0.25, 0.3) is 0 Å². The average molecular weight is 250 g/mol. The molecule has 7 heteroatoms. The van der Waals surface area contributed by atoms with Crippen molar-refractivity contribution in [3.8, 4) is 0 Å². The van der Waals surface area contributed by atoms with Gasteiger partial charge in [-0.05, 0) is 12.8 Å². The first-order valence-electron chi connectivity index (χ1n) is 5.89. The van der Waals surface area contributed by atoms with Crippen LogP contribution in [0.25, 0.3) is 0 Å². The minimum Gasteiger partial charge on any atom is -0.361 e. The highest BCUT2D eigenvalue weighted by atomic mass is 16.2. The number of likely N-dealkylation sites (N-methyl/N-ethyl adjacent to an activating group) is 1. The quantitative estimate of drug-likeness (QED) is 0.508. The van der Waals surface area contributed by atoms with Crippen LogP contribution >= 0.6 is 0 Å². The Morgan fingerprint density at radius 3 is 2.67 bits per heavy atom. The summed E-state index contributed by atoms with van der Waals surface area (Å²) in [4.78, 5) is 21.7. The van der Waals surface area contributed by atoms with Crippen LogP contribution in [0, 0.1) is 0 Å². The maximum Gasteiger partial charge on any atom is 0.241 e. The number of anilines is 2. The molecule has 0 bridgehead atoms. The fraction of sp³-hybridized carbons (Fsp3) is 0.545. The zero-order chi connectivity index (χ0) is 13.1. The lowest BCUT2D eigenvalue weighted by atomic mass is 10.3. The maximum atomic E-state index is 11.5. The number of aromatic nitrogens is 2. The molecule has 1 heterocycles. The molecule has 98 valence electrons. The van der Waals surface area contributed by atoms with E-state index in [1.807, 2.05) is 0 Å². The zero-order valence-electron chi connectivity index (χ0n) is 10.6. The first kappa shape index (κ1) is 12.6. The summed E-state index contributed by atoms with van der Waals surface area (Å²) in [6.07, 6.45) is 2.23. The Balaban J connectivity index is 2.06. The van der Waals surface area contributed by atoms with E-state index >= 15 is 0 Å². The van der Waals surface area contributed by atoms with E-state index in [4.69, 9.17) is 5.84 Å². The number of hydrogen-bond donors (Lipinski definition) is 3. The molecule has 1 aromatic heterocycles. The Hall–Kier alpha value is -1.89. The van der Waals surface area contributed by atoms with Crippen molar-refractivity contribution in [2.75, 3.05) is 31.4 Å². The lowest BCUT2D eigenvalue weighted by Crippen LogP contribution is -2.29. The normalized spacial score (nSPS) is 14.2. The predicted octanol–water partition coefficient (Wildman–Crippen LogP) is 0.140. The summed E-state index contributed by atoms with van der Waals surface area (Å²) in [5.74, 6) is 7.76. The van der Waals surface area contributed by atoms with Crippen molar-refractivity contribution in [1.29, 1.82) is 0 Å². The highest BCUT2D eigenvalue weighted by Gasteiger charge is 2.27. The van der Waals surface area contributed by atoms with Gasteiger partial charge in [0.2, 0.25) is 5.91 Å². The van der Waals surface area contributed by atoms with Crippen molar-refractivity contribution in [2.24, 2.45) is 5.84 Å². The molecule has 2 rings (SSSR count). The molecule has 1 amide bonds. The largest absolute Gasteiger partial charge is 0.361 e. The molecular weight excluding hydrogens is 232 g/mol. The molecule has 0 spiro atoms. The number of hydrogen-bond acceptors (Lipinski definition) is 6. The highest BCUT2D eigenvalue weighted by molar-refractivity contribution is 5.80. The van der Waals surface area contributed by atoms with E-state index in [9.17, 15) is 4.79 Å². The van der Waals surface area contributed by atoms with Crippen LogP contribution in [-0.2, 0) is 4.79 Å². The van der Waals surface area contributed by atoms with Crippen LogP contribution in [0.5, 0.6) is 0 Å². The Morgan fingerprint density at radius 1 is 1.44 bits per heavy atom. The van der Waals surface area contributed by atoms with Crippen LogP contribution < -0.4 is 16.6 Å². The number of rotatable bonds is 5. The minimum atomic E-state index is -0.0103. The number of carbonyl (C=O) groups is 1. The summed E-state index contributed by atoms with van der Waals surface area (Å²) in [7, 11) is 3.43. The number of amides is 1. The number of nitrogen functional groups attached to an aromatic ring is 1. The lowest BCUT2D eigenvalue weighted by Gasteiger charge is -2.12. The van der Waals surface area contributed by atoms with E-state index < -0.39 is 0 Å². The molecule has 0 aliphatic heterocycles. The van der Waals surface area contributed by atoms with Crippen molar-refractivity contribution in [3.63, 3.8) is 0 Å². The first-order chi connectivity index (χ1) is 8.60. The molecule has 18 heavy (non-hydrogen) atoms. The monoisotopic (exact) mass is 250 g/mol. The van der Waals surface area contributed by atoms with Gasteiger partial charge in [-0.25, -0.2) is 15.8 Å². The maximum absolute atomic E-state index is 11.5. The van der Waals surface area contributed by atoms with Gasteiger partial charge >= 0.3 is 0 Å². The van der Waals surface area contributed by atoms with Gasteiger partial charge in [0.1, 0.15) is 17.5 Å². The SMILES string of the molecule is CN(C)C(=O)CNc1cc(NN)nc(C2CC2)n1. The molecule has 1 aromatic rings. The molecular formula is C11H18N6O. The van der Waals surface area contributed by atoms with Crippen molar-refractivity contribution in [3.05, 3.63) is 11.9 Å². The Morgan fingerprint density at radius 2 is 2.11 bits per heavy atom. The fourth-order valence-electron chi connectivity index (χ4n) is 1.48. The Bertz CT molecular complexity index is 443. The predicted molar refractivity (Wildman–Crippen MR) is 69.0 cm³/mol. The second-order valence-corrected chi connectivity index (χ2v) is 4.56. The molecule has 7 nitrogen and oxygen atoms in total. The van der Waals surface area contributed by atoms with E-state index in [2.05, 4.69) is 20.7 Å². The van der Waals surface area contributed by atoms with Gasteiger partial charge in [-0.3, -0.25) is 4.79 Å². The van der Waals surface area contributed by atoms with Crippen LogP contribution in [-0.4, -0.2) is 41.4 Å². The fourth-order valence-corrected chi connectivity index (χ4v) is 1.48. The minimum absolute atomic E-state index is 0.0103. The average Bonchev–Trinajstić information content (AvgIpc) is 3.19. The highest BCUT2D eigenvalue weighted by Crippen LogP contribution is 2.38. The number of hydrazine groups is 1. The van der Waals surface area contributed by atoms with Gasteiger partial charge in [0.15, 0.2) is 0 Å². The van der Waals surface area contributed by atoms with Gasteiger partial charge in [-0.2, -0.15) is 0 Å². The molecule has 1 aliphatic carbocycles. The van der Waals surface area contributed by atoms with Crippen LogP contribution in [0.15, 0.2) is 6.07 Å². The summed E-state index contributed by atoms with van der Waals surface area (Å²) < 4.78 is 0. The van der Waals surface area contributed by atoms with E-state index in [-0.39, 0.29) is 12.5 Å². The van der Waals surface area contributed by atoms with Crippen LogP contribution in [0.3, 0.4) is 0 Å². The summed E-state index contributed by atoms with van der Waals surface area (Å²) in [6.45, 7) is 0.206. The summed E-state index contributed by atoms with van der Waals surface area (Å²) in [5, 5.41) is 2.99. The third-order valence-electron chi connectivity index (χ3n) is 2.75. The van der Waals surface area contributed by atoms with Gasteiger partial charge in [0, 0.05) is 26.1 Å². The molecule has 1 fully saturated rings. The van der Waals surface area contributed by atoms with E-state index in [0.29, 0.717) is 17.6 Å². The van der Waals surface area contributed by atoms with Crippen molar-refractivity contribution >= 4 is 17.5 Å². The molecule has 1 saturated carbocycles. The summed E-state index contributed by atoms with van der Waals surface area (Å²) >= 11 is 0. The number of nitrogens with two attached hydrogens (primary N) is 1. The molecule has 0 radical (unpaired) electrons. The number of nitrogens with zero attached hydrogens (tertiary/aromatic N) is 3. The molecule has 1 aliphatic rings. The van der Waals surface area contributed by atoms with Crippen molar-refractivity contribution in [2.45, 2.75) is 18.8 Å². The zero-order valence-corrected chi connectivity index (χ0v) is 10.6. The van der Waals surface area contributed by atoms with Gasteiger partial charge in [0.05, 0.1) is 6.54 Å². The van der Waals surface area contributed by atoms with Gasteiger partial charge < -0.3 is 15.6 Å². The second kappa shape index (κ2) is 5.18. The van der Waals surface area contributed by atoms with E-state index in [0.717, 1.165) is 18.7 Å². The molecule has 0 atom stereocenters. The summed E-state index contributed by atoms with van der Waals surface area (Å²) in [5.41, 5.74) is 2.51. The van der Waals surface area contributed by atoms with Crippen LogP contribution in [0.4, 0.5) is 11.6 Å². The third kappa shape index (κ3) is 3.07. The standard InChI is InChI=1S/C11H18N6O/c1-17(2)10(18)6-13-8-5-9(16-12)15-11(14-8)7-3-4-7/h5,7H,3-4,6,12H2,1-2H3,(H2,13,14,15,16). The smallest absolute Gasteiger partial charge is 0.241 e. The van der Waals surface area contributed by atoms with Crippen LogP contribution in [0.1, 0.15) is 24.6 Å². The Labute approximate surface area is 106 Å². The topological polar surface area (TPSA) is 96.2 Å². The number of carbonyl (C=O) groups excluding carboxylic acids is 1. The first-order valence-corrected chi connectivity index (χ1v) is 5.89. The van der Waals surface area contributed by atoms with E-state index in [1.54, 1.807) is 20.2 Å². The van der Waals surface area contributed by atoms with Crippen LogP contribution in [0.2, 0.25) is 0 Å². The van der Waals surface area contributed by atoms with E-state index in [1.165, 1.54) is 4.90 Å². The number of nitrogens with one attached hydrogen (secondary N) is 2. The molecule has 0 aromatic carbocycles. The van der Waals surface area contributed by atoms with Crippen molar-refractivity contribution in [1.82, 2.24) is 14.9 Å². The lowest BCUT2D eigenvalue weighted by molar-refractivity contribution is -0.126. The third-order valence-corrected chi connectivity index (χ3v) is 2.75. The second-order valence-electron chi connectivity index (χ2n) is 4.56. The summed E-state index contributed by atoms with van der Waals surface area (Å²) in [6, 6.07) is 1.69. The van der Waals surface area contributed by atoms with Gasteiger partial charge in [-0.15, -0.1) is 0 Å². The molecule has 0 unspecified atom stereocenters. The Kier molecular flexibility index (Phi) is 3.61. The molecule has 4 N–H and O–H groups in total. The van der Waals surface area contributed by atoms with Gasteiger partial charge in [-0.1, -0.05) is 0 Å². The van der Waals surface area contributed by atoms with Crippen molar-refractivity contribution < 1.29 is 4.79 Å².